The molecule has 1 heterocycles. The molecule has 0 fully saturated rings. The molecule has 0 saturated heterocycles. The maximum absolute atomic E-state index is 7.04. The van der Waals surface area contributed by atoms with Gasteiger partial charge in [-0.3, -0.25) is 0 Å². The summed E-state index contributed by atoms with van der Waals surface area (Å²) in [7, 11) is 2.18. The summed E-state index contributed by atoms with van der Waals surface area (Å²) in [6.07, 6.45) is 1.42. The van der Waals surface area contributed by atoms with Crippen LogP contribution < -0.4 is 5.32 Å². The van der Waals surface area contributed by atoms with Crippen LogP contribution in [0, 0.1) is 12.3 Å². The van der Waals surface area contributed by atoms with E-state index in [2.05, 4.69) is 42.4 Å². The quantitative estimate of drug-likeness (QED) is 0.612. The monoisotopic (exact) mass is 231 g/mol. The normalized spacial score (nSPS) is 20.0. The molecule has 1 aromatic rings. The zero-order valence-corrected chi connectivity index (χ0v) is 10.7. The Balaban J connectivity index is 2.19. The van der Waals surface area contributed by atoms with E-state index in [9.17, 15) is 0 Å². The van der Waals surface area contributed by atoms with Crippen molar-refractivity contribution in [3.8, 4) is 0 Å². The van der Waals surface area contributed by atoms with Crippen molar-refractivity contribution in [2.75, 3.05) is 26.7 Å². The topological polar surface area (TPSA) is 39.1 Å². The lowest BCUT2D eigenvalue weighted by Crippen LogP contribution is -2.36. The molecule has 92 valence electrons. The van der Waals surface area contributed by atoms with Gasteiger partial charge in [-0.05, 0) is 30.7 Å². The first-order chi connectivity index (χ1) is 8.22. The van der Waals surface area contributed by atoms with Gasteiger partial charge in [0.05, 0.1) is 0 Å². The van der Waals surface area contributed by atoms with Gasteiger partial charge in [-0.2, -0.15) is 0 Å². The molecule has 1 aliphatic rings. The molecule has 0 aliphatic carbocycles. The SMILES string of the molecule is Cc1cccc2c1CN(C)C[C@@H]2CNCC=N. The Morgan fingerprint density at radius 3 is 3.12 bits per heavy atom. The van der Waals surface area contributed by atoms with Crippen LogP contribution in [0.3, 0.4) is 0 Å². The largest absolute Gasteiger partial charge is 0.312 e. The van der Waals surface area contributed by atoms with Gasteiger partial charge in [0, 0.05) is 38.3 Å². The molecule has 0 radical (unpaired) electrons. The summed E-state index contributed by atoms with van der Waals surface area (Å²) in [6.45, 7) is 5.97. The number of likely N-dealkylation sites (N-methyl/N-ethyl adjacent to an activating group) is 1. The van der Waals surface area contributed by atoms with Crippen LogP contribution in [0.1, 0.15) is 22.6 Å². The lowest BCUT2D eigenvalue weighted by atomic mass is 9.87. The molecule has 0 saturated carbocycles. The third kappa shape index (κ3) is 2.73. The number of aryl methyl sites for hydroxylation is 1. The summed E-state index contributed by atoms with van der Waals surface area (Å²) in [5.41, 5.74) is 4.37. The molecule has 0 aromatic heterocycles. The van der Waals surface area contributed by atoms with Crippen LogP contribution >= 0.6 is 0 Å². The second kappa shape index (κ2) is 5.43. The third-order valence-corrected chi connectivity index (χ3v) is 3.48. The summed E-state index contributed by atoms with van der Waals surface area (Å²) in [4.78, 5) is 2.38. The lowest BCUT2D eigenvalue weighted by molar-refractivity contribution is 0.277. The van der Waals surface area contributed by atoms with Gasteiger partial charge >= 0.3 is 0 Å². The Morgan fingerprint density at radius 2 is 2.35 bits per heavy atom. The summed E-state index contributed by atoms with van der Waals surface area (Å²) in [5.74, 6) is 0.545. The third-order valence-electron chi connectivity index (χ3n) is 3.48. The Labute approximate surface area is 103 Å². The van der Waals surface area contributed by atoms with Crippen LogP contribution in [0.25, 0.3) is 0 Å². The molecular weight excluding hydrogens is 210 g/mol. The van der Waals surface area contributed by atoms with E-state index in [1.54, 1.807) is 0 Å². The predicted molar refractivity (Wildman–Crippen MR) is 71.9 cm³/mol. The van der Waals surface area contributed by atoms with E-state index < -0.39 is 0 Å². The van der Waals surface area contributed by atoms with E-state index in [0.717, 1.165) is 19.6 Å². The van der Waals surface area contributed by atoms with Gasteiger partial charge in [0.15, 0.2) is 0 Å². The van der Waals surface area contributed by atoms with Crippen molar-refractivity contribution in [1.82, 2.24) is 10.2 Å². The number of rotatable bonds is 4. The van der Waals surface area contributed by atoms with Crippen LogP contribution in [0.5, 0.6) is 0 Å². The Hall–Kier alpha value is -1.19. The fourth-order valence-electron chi connectivity index (χ4n) is 2.64. The molecule has 2 N–H and O–H groups in total. The molecular formula is C14H21N3. The molecule has 3 heteroatoms. The molecule has 1 aliphatic heterocycles. The second-order valence-corrected chi connectivity index (χ2v) is 4.90. The highest BCUT2D eigenvalue weighted by atomic mass is 15.1. The minimum atomic E-state index is 0.545. The Bertz CT molecular complexity index is 400. The van der Waals surface area contributed by atoms with Gasteiger partial charge in [0.1, 0.15) is 0 Å². The summed E-state index contributed by atoms with van der Waals surface area (Å²) >= 11 is 0. The van der Waals surface area contributed by atoms with E-state index >= 15 is 0 Å². The Kier molecular flexibility index (Phi) is 3.92. The number of hydrogen-bond acceptors (Lipinski definition) is 3. The van der Waals surface area contributed by atoms with Crippen LogP contribution in [-0.4, -0.2) is 37.8 Å². The lowest BCUT2D eigenvalue weighted by Gasteiger charge is -2.33. The van der Waals surface area contributed by atoms with Crippen LogP contribution in [-0.2, 0) is 6.54 Å². The van der Waals surface area contributed by atoms with Crippen molar-refractivity contribution in [3.63, 3.8) is 0 Å². The fraction of sp³-hybridized carbons (Fsp3) is 0.500. The highest BCUT2D eigenvalue weighted by Crippen LogP contribution is 2.29. The molecule has 0 amide bonds. The van der Waals surface area contributed by atoms with Crippen molar-refractivity contribution in [1.29, 1.82) is 5.41 Å². The molecule has 1 aromatic carbocycles. The zero-order chi connectivity index (χ0) is 12.3. The zero-order valence-electron chi connectivity index (χ0n) is 10.7. The van der Waals surface area contributed by atoms with Crippen molar-refractivity contribution >= 4 is 6.21 Å². The van der Waals surface area contributed by atoms with Gasteiger partial charge in [-0.15, -0.1) is 0 Å². The molecule has 0 spiro atoms. The summed E-state index contributed by atoms with van der Waals surface area (Å²) in [6, 6.07) is 6.61. The van der Waals surface area contributed by atoms with Crippen molar-refractivity contribution in [2.45, 2.75) is 19.4 Å². The van der Waals surface area contributed by atoms with E-state index in [-0.39, 0.29) is 0 Å². The Morgan fingerprint density at radius 1 is 1.53 bits per heavy atom. The number of benzene rings is 1. The van der Waals surface area contributed by atoms with Crippen LogP contribution in [0.15, 0.2) is 18.2 Å². The maximum Gasteiger partial charge on any atom is 0.0302 e. The minimum Gasteiger partial charge on any atom is -0.312 e. The van der Waals surface area contributed by atoms with E-state index in [4.69, 9.17) is 5.41 Å². The van der Waals surface area contributed by atoms with Gasteiger partial charge in [0.2, 0.25) is 0 Å². The average molecular weight is 231 g/mol. The molecule has 17 heavy (non-hydrogen) atoms. The van der Waals surface area contributed by atoms with E-state index in [0.29, 0.717) is 12.5 Å². The first-order valence-electron chi connectivity index (χ1n) is 6.19. The van der Waals surface area contributed by atoms with Crippen molar-refractivity contribution in [2.24, 2.45) is 0 Å². The van der Waals surface area contributed by atoms with Gasteiger partial charge in [-0.25, -0.2) is 0 Å². The number of nitrogens with zero attached hydrogens (tertiary/aromatic N) is 1. The van der Waals surface area contributed by atoms with Crippen molar-refractivity contribution < 1.29 is 0 Å². The molecule has 3 nitrogen and oxygen atoms in total. The average Bonchev–Trinajstić information content (AvgIpc) is 2.31. The first-order valence-corrected chi connectivity index (χ1v) is 6.19. The van der Waals surface area contributed by atoms with Crippen LogP contribution in [0.4, 0.5) is 0 Å². The summed E-state index contributed by atoms with van der Waals surface area (Å²) < 4.78 is 0. The maximum atomic E-state index is 7.04. The molecule has 1 atom stereocenters. The van der Waals surface area contributed by atoms with Crippen molar-refractivity contribution in [3.05, 3.63) is 34.9 Å². The first kappa shape index (κ1) is 12.3. The van der Waals surface area contributed by atoms with E-state index in [1.807, 2.05) is 0 Å². The number of fused-ring (bicyclic) bond motifs is 1. The fourth-order valence-corrected chi connectivity index (χ4v) is 2.64. The minimum absolute atomic E-state index is 0.545. The molecule has 2 rings (SSSR count). The van der Waals surface area contributed by atoms with Gasteiger partial charge in [0.25, 0.3) is 0 Å². The molecule has 0 bridgehead atoms. The highest BCUT2D eigenvalue weighted by Gasteiger charge is 2.23. The molecule has 0 unspecified atom stereocenters. The standard InChI is InChI=1S/C14H21N3/c1-11-4-3-5-13-12(8-16-7-6-15)9-17(2)10-14(11)13/h3-6,12,15-16H,7-10H2,1-2H3/t12-/m0/s1. The second-order valence-electron chi connectivity index (χ2n) is 4.90. The predicted octanol–water partition coefficient (Wildman–Crippen LogP) is 1.76. The van der Waals surface area contributed by atoms with E-state index in [1.165, 1.54) is 22.9 Å². The smallest absolute Gasteiger partial charge is 0.0302 e. The number of hydrogen-bond donors (Lipinski definition) is 2. The highest BCUT2D eigenvalue weighted by molar-refractivity contribution is 5.55. The van der Waals surface area contributed by atoms with Gasteiger partial charge in [-0.1, -0.05) is 18.2 Å². The van der Waals surface area contributed by atoms with Gasteiger partial charge < -0.3 is 15.6 Å². The summed E-state index contributed by atoms with van der Waals surface area (Å²) in [5, 5.41) is 10.4. The number of nitrogens with one attached hydrogen (secondary N) is 2. The van der Waals surface area contributed by atoms with Crippen LogP contribution in [0.2, 0.25) is 0 Å².